The van der Waals surface area contributed by atoms with Crippen molar-refractivity contribution >= 4 is 11.6 Å². The van der Waals surface area contributed by atoms with Crippen molar-refractivity contribution in [2.24, 2.45) is 0 Å². The van der Waals surface area contributed by atoms with E-state index >= 15 is 0 Å². The summed E-state index contributed by atoms with van der Waals surface area (Å²) in [6, 6.07) is 0. The lowest BCUT2D eigenvalue weighted by Crippen LogP contribution is -2.21. The molecule has 2 N–H and O–H groups in total. The molecule has 0 aliphatic heterocycles. The van der Waals surface area contributed by atoms with Crippen molar-refractivity contribution in [3.8, 4) is 5.69 Å². The van der Waals surface area contributed by atoms with Gasteiger partial charge in [0.15, 0.2) is 5.65 Å². The third kappa shape index (κ3) is 2.00. The third-order valence-electron chi connectivity index (χ3n) is 3.62. The maximum absolute atomic E-state index is 12.4. The molecule has 1 amide bonds. The van der Waals surface area contributed by atoms with Crippen LogP contribution in [0.3, 0.4) is 0 Å². The summed E-state index contributed by atoms with van der Waals surface area (Å²) in [5, 5.41) is 5.42. The number of rotatable bonds is 3. The zero-order valence-corrected chi connectivity index (χ0v) is 12.5. The minimum absolute atomic E-state index is 0.108. The van der Waals surface area contributed by atoms with Gasteiger partial charge < -0.3 is 9.88 Å². The van der Waals surface area contributed by atoms with Crippen molar-refractivity contribution in [1.82, 2.24) is 29.5 Å². The van der Waals surface area contributed by atoms with E-state index in [1.54, 1.807) is 24.0 Å². The van der Waals surface area contributed by atoms with E-state index in [0.29, 0.717) is 34.7 Å². The molecule has 22 heavy (non-hydrogen) atoms. The number of H-pyrrole nitrogens is 1. The van der Waals surface area contributed by atoms with Crippen molar-refractivity contribution in [2.45, 2.75) is 20.3 Å². The molecule has 0 aliphatic carbocycles. The Morgan fingerprint density at radius 3 is 2.91 bits per heavy atom. The Balaban J connectivity index is 2.19. The van der Waals surface area contributed by atoms with E-state index in [-0.39, 0.29) is 11.5 Å². The van der Waals surface area contributed by atoms with E-state index in [1.165, 1.54) is 10.8 Å². The number of hydrogen-bond donors (Lipinski definition) is 2. The zero-order valence-electron chi connectivity index (χ0n) is 12.5. The van der Waals surface area contributed by atoms with Gasteiger partial charge in [-0.15, -0.1) is 0 Å². The summed E-state index contributed by atoms with van der Waals surface area (Å²) in [4.78, 5) is 32.5. The number of hydrogen-bond acceptors (Lipinski definition) is 4. The molecule has 0 saturated carbocycles. The summed E-state index contributed by atoms with van der Waals surface area (Å²) in [5.41, 5.74) is 2.74. The van der Waals surface area contributed by atoms with Crippen molar-refractivity contribution in [2.75, 3.05) is 7.05 Å². The van der Waals surface area contributed by atoms with E-state index in [0.717, 1.165) is 0 Å². The highest BCUT2D eigenvalue weighted by molar-refractivity contribution is 5.91. The molecule has 0 spiro atoms. The predicted molar refractivity (Wildman–Crippen MR) is 80.4 cm³/mol. The average Bonchev–Trinajstić information content (AvgIpc) is 3.13. The SMILES string of the molecule is CCc1c(C)nc2c(-n3cnc(C(=O)NC)c3)c[nH]n2c1=O. The summed E-state index contributed by atoms with van der Waals surface area (Å²) in [7, 11) is 1.55. The summed E-state index contributed by atoms with van der Waals surface area (Å²) in [6.07, 6.45) is 5.40. The fourth-order valence-electron chi connectivity index (χ4n) is 2.44. The zero-order chi connectivity index (χ0) is 15.9. The first-order chi connectivity index (χ1) is 10.6. The van der Waals surface area contributed by atoms with Gasteiger partial charge >= 0.3 is 0 Å². The second kappa shape index (κ2) is 5.14. The second-order valence-corrected chi connectivity index (χ2v) is 4.90. The van der Waals surface area contributed by atoms with Gasteiger partial charge in [0.05, 0.1) is 0 Å². The Labute approximate surface area is 125 Å². The first kappa shape index (κ1) is 14.1. The largest absolute Gasteiger partial charge is 0.354 e. The number of fused-ring (bicyclic) bond motifs is 1. The molecule has 114 valence electrons. The first-order valence-corrected chi connectivity index (χ1v) is 6.92. The molecule has 0 bridgehead atoms. The van der Waals surface area contributed by atoms with Gasteiger partial charge in [-0.05, 0) is 13.3 Å². The van der Waals surface area contributed by atoms with Crippen LogP contribution in [0.4, 0.5) is 0 Å². The van der Waals surface area contributed by atoms with Gasteiger partial charge in [0.25, 0.3) is 11.5 Å². The normalized spacial score (nSPS) is 11.0. The molecule has 3 heterocycles. The number of aromatic nitrogens is 5. The van der Waals surface area contributed by atoms with Crippen LogP contribution in [0.25, 0.3) is 11.3 Å². The summed E-state index contributed by atoms with van der Waals surface area (Å²) in [5.74, 6) is -0.270. The van der Waals surface area contributed by atoms with E-state index in [1.807, 2.05) is 13.8 Å². The number of aromatic amines is 1. The third-order valence-corrected chi connectivity index (χ3v) is 3.62. The lowest BCUT2D eigenvalue weighted by molar-refractivity contribution is 0.0958. The Kier molecular flexibility index (Phi) is 3.28. The molecule has 0 unspecified atom stereocenters. The molecule has 8 heteroatoms. The summed E-state index contributed by atoms with van der Waals surface area (Å²) >= 11 is 0. The lowest BCUT2D eigenvalue weighted by Gasteiger charge is -2.04. The Bertz CT molecular complexity index is 917. The Morgan fingerprint density at radius 2 is 2.23 bits per heavy atom. The molecule has 3 aromatic rings. The maximum atomic E-state index is 12.4. The van der Waals surface area contributed by atoms with Gasteiger partial charge in [0.1, 0.15) is 17.7 Å². The molecular weight excluding hydrogens is 284 g/mol. The smallest absolute Gasteiger partial charge is 0.276 e. The average molecular weight is 300 g/mol. The molecule has 3 aromatic heterocycles. The fourth-order valence-corrected chi connectivity index (χ4v) is 2.44. The topological polar surface area (TPSA) is 97.1 Å². The van der Waals surface area contributed by atoms with Gasteiger partial charge in [-0.25, -0.2) is 9.97 Å². The van der Waals surface area contributed by atoms with Crippen LogP contribution in [0.2, 0.25) is 0 Å². The number of nitrogens with zero attached hydrogens (tertiary/aromatic N) is 4. The second-order valence-electron chi connectivity index (χ2n) is 4.90. The van der Waals surface area contributed by atoms with Crippen LogP contribution in [-0.4, -0.2) is 37.1 Å². The highest BCUT2D eigenvalue weighted by atomic mass is 16.2. The molecule has 0 atom stereocenters. The van der Waals surface area contributed by atoms with Gasteiger partial charge in [0.2, 0.25) is 0 Å². The number of aryl methyl sites for hydroxylation is 1. The standard InChI is InChI=1S/C14H16N6O2/c1-4-9-8(2)18-12-11(5-17-20(12)14(9)22)19-6-10(16-7-19)13(21)15-3/h5-7,17H,4H2,1-3H3,(H,15,21). The van der Waals surface area contributed by atoms with E-state index in [4.69, 9.17) is 0 Å². The minimum Gasteiger partial charge on any atom is -0.354 e. The van der Waals surface area contributed by atoms with Crippen LogP contribution < -0.4 is 10.9 Å². The molecule has 0 fully saturated rings. The number of carbonyl (C=O) groups excluding carboxylic acids is 1. The van der Waals surface area contributed by atoms with Crippen molar-refractivity contribution in [1.29, 1.82) is 0 Å². The van der Waals surface area contributed by atoms with Crippen LogP contribution in [0.1, 0.15) is 28.7 Å². The Hall–Kier alpha value is -2.90. The maximum Gasteiger partial charge on any atom is 0.276 e. The summed E-state index contributed by atoms with van der Waals surface area (Å²) in [6.45, 7) is 3.74. The van der Waals surface area contributed by atoms with Crippen LogP contribution >= 0.6 is 0 Å². The molecular formula is C14H16N6O2. The van der Waals surface area contributed by atoms with Crippen LogP contribution in [0.15, 0.2) is 23.5 Å². The first-order valence-electron chi connectivity index (χ1n) is 6.92. The quantitative estimate of drug-likeness (QED) is 0.733. The van der Waals surface area contributed by atoms with Crippen molar-refractivity contribution in [3.63, 3.8) is 0 Å². The highest BCUT2D eigenvalue weighted by Crippen LogP contribution is 2.14. The fraction of sp³-hybridized carbons (Fsp3) is 0.286. The molecule has 0 radical (unpaired) electrons. The van der Waals surface area contributed by atoms with Gasteiger partial charge in [-0.2, -0.15) is 4.52 Å². The number of nitrogens with one attached hydrogen (secondary N) is 2. The Morgan fingerprint density at radius 1 is 1.45 bits per heavy atom. The molecule has 0 aliphatic rings. The molecule has 0 saturated heterocycles. The van der Waals surface area contributed by atoms with Gasteiger partial charge in [-0.3, -0.25) is 14.7 Å². The predicted octanol–water partition coefficient (Wildman–Crippen LogP) is 0.439. The van der Waals surface area contributed by atoms with E-state index in [2.05, 4.69) is 20.4 Å². The van der Waals surface area contributed by atoms with Crippen LogP contribution in [0.5, 0.6) is 0 Å². The van der Waals surface area contributed by atoms with E-state index < -0.39 is 0 Å². The van der Waals surface area contributed by atoms with Crippen molar-refractivity contribution in [3.05, 3.63) is 46.0 Å². The van der Waals surface area contributed by atoms with Crippen molar-refractivity contribution < 1.29 is 4.79 Å². The van der Waals surface area contributed by atoms with Gasteiger partial charge in [0, 0.05) is 30.7 Å². The molecule has 8 nitrogen and oxygen atoms in total. The number of carbonyl (C=O) groups is 1. The van der Waals surface area contributed by atoms with E-state index in [9.17, 15) is 9.59 Å². The molecule has 3 rings (SSSR count). The number of imidazole rings is 1. The van der Waals surface area contributed by atoms with Crippen LogP contribution in [-0.2, 0) is 6.42 Å². The van der Waals surface area contributed by atoms with Crippen LogP contribution in [0, 0.1) is 6.92 Å². The van der Waals surface area contributed by atoms with Gasteiger partial charge in [-0.1, -0.05) is 6.92 Å². The summed E-state index contributed by atoms with van der Waals surface area (Å²) < 4.78 is 3.06. The molecule has 0 aromatic carbocycles. The monoisotopic (exact) mass is 300 g/mol. The lowest BCUT2D eigenvalue weighted by atomic mass is 10.2. The minimum atomic E-state index is -0.270. The number of amides is 1. The highest BCUT2D eigenvalue weighted by Gasteiger charge is 2.15.